The van der Waals surface area contributed by atoms with Gasteiger partial charge in [0.2, 0.25) is 0 Å². The topological polar surface area (TPSA) is 178 Å². The van der Waals surface area contributed by atoms with Crippen molar-refractivity contribution in [3.8, 4) is 0 Å². The molecular formula is C51H88O12S. The van der Waals surface area contributed by atoms with Gasteiger partial charge in [-0.1, -0.05) is 189 Å². The third-order valence-electron chi connectivity index (χ3n) is 10.8. The number of ether oxygens (including phenoxy) is 4. The van der Waals surface area contributed by atoms with Crippen LogP contribution in [-0.4, -0.2) is 97.5 Å². The highest BCUT2D eigenvalue weighted by atomic mass is 32.3. The third kappa shape index (κ3) is 34.8. The molecule has 13 heteroatoms. The minimum atomic E-state index is -5.07. The molecule has 1 saturated heterocycles. The molecule has 1 aliphatic heterocycles. The highest BCUT2D eigenvalue weighted by Crippen LogP contribution is 2.26. The second-order valence-electron chi connectivity index (χ2n) is 16.7. The van der Waals surface area contributed by atoms with Crippen molar-refractivity contribution >= 4 is 16.4 Å². The molecule has 0 spiro atoms. The van der Waals surface area contributed by atoms with Gasteiger partial charge in [0.05, 0.1) is 19.8 Å². The van der Waals surface area contributed by atoms with Gasteiger partial charge in [0, 0.05) is 13.0 Å². The molecule has 1 heterocycles. The molecular weight excluding hydrogens is 837 g/mol. The predicted octanol–water partition coefficient (Wildman–Crippen LogP) is 11.1. The van der Waals surface area contributed by atoms with Crippen molar-refractivity contribution in [3.05, 3.63) is 72.9 Å². The largest absolute Gasteiger partial charge is 0.457 e. The maximum absolute atomic E-state index is 12.9. The van der Waals surface area contributed by atoms with Crippen LogP contribution in [-0.2, 0) is 38.3 Å². The summed E-state index contributed by atoms with van der Waals surface area (Å²) in [5.74, 6) is -0.419. The summed E-state index contributed by atoms with van der Waals surface area (Å²) in [5, 5.41) is 30.7. The van der Waals surface area contributed by atoms with Crippen molar-refractivity contribution in [2.75, 3.05) is 26.4 Å². The molecule has 0 aromatic heterocycles. The predicted molar refractivity (Wildman–Crippen MR) is 257 cm³/mol. The lowest BCUT2D eigenvalue weighted by molar-refractivity contribution is -0.301. The van der Waals surface area contributed by atoms with Crippen LogP contribution < -0.4 is 0 Å². The first kappa shape index (κ1) is 59.6. The van der Waals surface area contributed by atoms with E-state index in [9.17, 15) is 33.1 Å². The van der Waals surface area contributed by atoms with E-state index in [4.69, 9.17) is 18.9 Å². The van der Waals surface area contributed by atoms with E-state index in [2.05, 4.69) is 90.9 Å². The molecule has 64 heavy (non-hydrogen) atoms. The minimum Gasteiger partial charge on any atom is -0.457 e. The first-order chi connectivity index (χ1) is 31.1. The Morgan fingerprint density at radius 2 is 1.06 bits per heavy atom. The lowest BCUT2D eigenvalue weighted by Crippen LogP contribution is -2.60. The Morgan fingerprint density at radius 3 is 1.52 bits per heavy atom. The van der Waals surface area contributed by atoms with E-state index in [0.29, 0.717) is 13.0 Å². The van der Waals surface area contributed by atoms with Crippen LogP contribution in [0.25, 0.3) is 0 Å². The zero-order valence-electron chi connectivity index (χ0n) is 39.6. The first-order valence-corrected chi connectivity index (χ1v) is 26.1. The van der Waals surface area contributed by atoms with E-state index in [1.165, 1.54) is 83.5 Å². The minimum absolute atomic E-state index is 0.00560. The molecule has 0 radical (unpaired) electrons. The quantitative estimate of drug-likeness (QED) is 0.0197. The van der Waals surface area contributed by atoms with Gasteiger partial charge in [0.15, 0.2) is 6.29 Å². The summed E-state index contributed by atoms with van der Waals surface area (Å²) in [5.41, 5.74) is 0. The highest BCUT2D eigenvalue weighted by molar-refractivity contribution is 7.80. The standard InChI is InChI=1S/C51H88O12S/c1-3-5-7-9-11-13-15-17-19-21-22-23-25-27-29-31-33-35-37-39-41-59-43-45(44-60-51-49(55)50(63-64(56,57)58)48(54)46(42-52)62-51)61-47(53)40-38-36-34-32-30-28-26-24-20-18-16-14-12-10-8-6-4-2/h5,7,11,13,17,19,22-23,27,29,33,35,45-46,48-52,54-55H,3-4,6,8-10,12,14-16,18,20-21,24-26,28,30-32,34,36-44H2,1-2H3,(H,56,57,58)/b7-5-,13-11-,19-17-,23-22-,29-27-,35-33-. The van der Waals surface area contributed by atoms with Gasteiger partial charge in [0.1, 0.15) is 30.5 Å². The Kier molecular flexibility index (Phi) is 39.0. The maximum Gasteiger partial charge on any atom is 0.397 e. The Labute approximate surface area is 388 Å². The normalized spacial score (nSPS) is 20.4. The van der Waals surface area contributed by atoms with Crippen molar-refractivity contribution in [1.29, 1.82) is 0 Å². The van der Waals surface area contributed by atoms with E-state index in [1.807, 2.05) is 0 Å². The fourth-order valence-electron chi connectivity index (χ4n) is 7.16. The molecule has 6 unspecified atom stereocenters. The Balaban J connectivity index is 2.44. The van der Waals surface area contributed by atoms with Crippen LogP contribution in [0.1, 0.15) is 181 Å². The second kappa shape index (κ2) is 41.9. The van der Waals surface area contributed by atoms with Crippen LogP contribution in [0.3, 0.4) is 0 Å². The second-order valence-corrected chi connectivity index (χ2v) is 17.7. The monoisotopic (exact) mass is 925 g/mol. The van der Waals surface area contributed by atoms with E-state index < -0.39 is 59.8 Å². The molecule has 1 fully saturated rings. The van der Waals surface area contributed by atoms with E-state index in [-0.39, 0.29) is 19.6 Å². The van der Waals surface area contributed by atoms with Crippen molar-refractivity contribution < 1.29 is 56.2 Å². The van der Waals surface area contributed by atoms with Gasteiger partial charge >= 0.3 is 16.4 Å². The van der Waals surface area contributed by atoms with Gasteiger partial charge in [-0.2, -0.15) is 8.42 Å². The van der Waals surface area contributed by atoms with E-state index in [0.717, 1.165) is 70.6 Å². The molecule has 12 nitrogen and oxygen atoms in total. The average Bonchev–Trinajstić information content (AvgIpc) is 3.27. The molecule has 1 aliphatic rings. The summed E-state index contributed by atoms with van der Waals surface area (Å²) in [6, 6.07) is 0. The SMILES string of the molecule is CC/C=C\C/C=C\C/C=C\C/C=C\C/C=C\C/C=C\CCCOCC(COC1OC(CO)C(O)C(OS(=O)(=O)O)C1O)OC(=O)CCCCCCCCCCCCCCCCCCC. The number of hydrogen-bond donors (Lipinski definition) is 4. The summed E-state index contributed by atoms with van der Waals surface area (Å²) in [4.78, 5) is 12.9. The summed E-state index contributed by atoms with van der Waals surface area (Å²) in [6.45, 7) is 3.73. The smallest absolute Gasteiger partial charge is 0.397 e. The summed E-state index contributed by atoms with van der Waals surface area (Å²) in [7, 11) is -5.07. The molecule has 4 N–H and O–H groups in total. The number of rotatable bonds is 42. The van der Waals surface area contributed by atoms with Gasteiger partial charge in [-0.25, -0.2) is 4.18 Å². The lowest BCUT2D eigenvalue weighted by Gasteiger charge is -2.41. The number of aliphatic hydroxyl groups is 3. The summed E-state index contributed by atoms with van der Waals surface area (Å²) >= 11 is 0. The summed E-state index contributed by atoms with van der Waals surface area (Å²) in [6.07, 6.45) is 45.1. The van der Waals surface area contributed by atoms with Gasteiger partial charge < -0.3 is 34.3 Å². The first-order valence-electron chi connectivity index (χ1n) is 24.7. The van der Waals surface area contributed by atoms with Crippen molar-refractivity contribution in [2.45, 2.75) is 218 Å². The van der Waals surface area contributed by atoms with Crippen LogP contribution in [0.4, 0.5) is 0 Å². The van der Waals surface area contributed by atoms with E-state index >= 15 is 0 Å². The van der Waals surface area contributed by atoms with Crippen LogP contribution in [0, 0.1) is 0 Å². The van der Waals surface area contributed by atoms with Crippen LogP contribution >= 0.6 is 0 Å². The van der Waals surface area contributed by atoms with E-state index in [1.54, 1.807) is 0 Å². The number of aliphatic hydroxyl groups excluding tert-OH is 3. The van der Waals surface area contributed by atoms with Crippen LogP contribution in [0.15, 0.2) is 72.9 Å². The zero-order chi connectivity index (χ0) is 46.8. The van der Waals surface area contributed by atoms with Crippen molar-refractivity contribution in [2.24, 2.45) is 0 Å². The number of unbranched alkanes of at least 4 members (excludes halogenated alkanes) is 17. The van der Waals surface area contributed by atoms with Gasteiger partial charge in [0.25, 0.3) is 0 Å². The average molecular weight is 925 g/mol. The molecule has 6 atom stereocenters. The molecule has 370 valence electrons. The van der Waals surface area contributed by atoms with Gasteiger partial charge in [-0.15, -0.1) is 0 Å². The highest BCUT2D eigenvalue weighted by Gasteiger charge is 2.48. The molecule has 0 aliphatic carbocycles. The maximum atomic E-state index is 12.9. The Morgan fingerprint density at radius 1 is 0.609 bits per heavy atom. The number of hydrogen-bond acceptors (Lipinski definition) is 11. The number of carbonyl (C=O) groups is 1. The lowest BCUT2D eigenvalue weighted by atomic mass is 9.99. The molecule has 0 bridgehead atoms. The molecule has 0 aromatic rings. The Hall–Kier alpha value is -2.46. The zero-order valence-corrected chi connectivity index (χ0v) is 40.4. The number of carbonyl (C=O) groups excluding carboxylic acids is 1. The molecule has 0 amide bonds. The molecule has 0 aromatic carbocycles. The van der Waals surface area contributed by atoms with Crippen molar-refractivity contribution in [3.63, 3.8) is 0 Å². The fraction of sp³-hybridized carbons (Fsp3) is 0.745. The number of esters is 1. The van der Waals surface area contributed by atoms with Crippen LogP contribution in [0.5, 0.6) is 0 Å². The number of allylic oxidation sites excluding steroid dienone is 12. The van der Waals surface area contributed by atoms with Gasteiger partial charge in [-0.3, -0.25) is 9.35 Å². The third-order valence-corrected chi connectivity index (χ3v) is 11.3. The van der Waals surface area contributed by atoms with Crippen molar-refractivity contribution in [1.82, 2.24) is 0 Å². The Bertz CT molecular complexity index is 1390. The van der Waals surface area contributed by atoms with Gasteiger partial charge in [-0.05, 0) is 57.8 Å². The van der Waals surface area contributed by atoms with Crippen LogP contribution in [0.2, 0.25) is 0 Å². The molecule has 1 rings (SSSR count). The fourth-order valence-corrected chi connectivity index (χ4v) is 7.67. The molecule has 0 saturated carbocycles. The summed E-state index contributed by atoms with van der Waals surface area (Å²) < 4.78 is 59.1.